The second-order valence-electron chi connectivity index (χ2n) is 9.01. The molecule has 214 valence electrons. The molecule has 0 fully saturated rings. The van der Waals surface area contributed by atoms with Gasteiger partial charge in [0.25, 0.3) is 11.8 Å². The van der Waals surface area contributed by atoms with Gasteiger partial charge in [0.05, 0.1) is 22.4 Å². The van der Waals surface area contributed by atoms with Crippen molar-refractivity contribution in [3.63, 3.8) is 0 Å². The van der Waals surface area contributed by atoms with E-state index in [-0.39, 0.29) is 11.6 Å². The third-order valence-electron chi connectivity index (χ3n) is 5.89. The van der Waals surface area contributed by atoms with Gasteiger partial charge in [0, 0.05) is 21.8 Å². The maximum Gasteiger partial charge on any atom is 0.272 e. The number of methoxy groups -OCH3 is 1. The number of thioether (sulfide) groups is 1. The monoisotopic (exact) mass is 619 g/mol. The Morgan fingerprint density at radius 3 is 2.29 bits per heavy atom. The molecule has 4 rings (SSSR count). The molecule has 1 unspecified atom stereocenters. The summed E-state index contributed by atoms with van der Waals surface area (Å²) in [6, 6.07) is 27.7. The number of hydrogen-bond donors (Lipinski definition) is 3. The zero-order valence-electron chi connectivity index (χ0n) is 22.7. The predicted octanol–water partition coefficient (Wildman–Crippen LogP) is 7.53. The SMILES string of the molecule is COc1cccc(/C=C(\NC(=O)c2ccccc2)C(=O)Nc2cccc(SC(C)C(=O)Nc3ccc(Cl)c(Cl)c3)c2)c1. The number of hydrogen-bond acceptors (Lipinski definition) is 5. The minimum atomic E-state index is -0.519. The summed E-state index contributed by atoms with van der Waals surface area (Å²) in [5.74, 6) is -0.555. The number of benzene rings is 4. The molecule has 0 aliphatic carbocycles. The Bertz CT molecular complexity index is 1630. The smallest absolute Gasteiger partial charge is 0.272 e. The number of ether oxygens (including phenoxy) is 1. The molecule has 0 aromatic heterocycles. The van der Waals surface area contributed by atoms with Crippen molar-refractivity contribution < 1.29 is 19.1 Å². The second-order valence-corrected chi connectivity index (χ2v) is 11.2. The first-order valence-electron chi connectivity index (χ1n) is 12.8. The molecule has 0 bridgehead atoms. The molecule has 0 radical (unpaired) electrons. The third kappa shape index (κ3) is 8.63. The second kappa shape index (κ2) is 14.6. The summed E-state index contributed by atoms with van der Waals surface area (Å²) < 4.78 is 5.29. The number of rotatable bonds is 10. The van der Waals surface area contributed by atoms with E-state index in [0.29, 0.717) is 38.3 Å². The Morgan fingerprint density at radius 2 is 1.55 bits per heavy atom. The highest BCUT2D eigenvalue weighted by Crippen LogP contribution is 2.29. The maximum atomic E-state index is 13.4. The summed E-state index contributed by atoms with van der Waals surface area (Å²) in [6.45, 7) is 1.77. The van der Waals surface area contributed by atoms with Gasteiger partial charge in [0.2, 0.25) is 5.91 Å². The number of amides is 3. The van der Waals surface area contributed by atoms with Crippen molar-refractivity contribution in [1.82, 2.24) is 5.32 Å². The highest BCUT2D eigenvalue weighted by molar-refractivity contribution is 8.00. The molecule has 0 aliphatic rings. The third-order valence-corrected chi connectivity index (χ3v) is 7.73. The summed E-state index contributed by atoms with van der Waals surface area (Å²) in [5.41, 5.74) is 2.15. The number of anilines is 2. The maximum absolute atomic E-state index is 13.4. The molecule has 0 saturated heterocycles. The lowest BCUT2D eigenvalue weighted by Gasteiger charge is -2.14. The van der Waals surface area contributed by atoms with Gasteiger partial charge >= 0.3 is 0 Å². The van der Waals surface area contributed by atoms with Gasteiger partial charge in [0.1, 0.15) is 11.4 Å². The van der Waals surface area contributed by atoms with Crippen molar-refractivity contribution in [3.8, 4) is 5.75 Å². The molecule has 4 aromatic carbocycles. The zero-order chi connectivity index (χ0) is 30.1. The van der Waals surface area contributed by atoms with E-state index >= 15 is 0 Å². The van der Waals surface area contributed by atoms with Crippen LogP contribution in [0.1, 0.15) is 22.8 Å². The Labute approximate surface area is 258 Å². The van der Waals surface area contributed by atoms with Crippen LogP contribution in [-0.4, -0.2) is 30.1 Å². The van der Waals surface area contributed by atoms with Crippen LogP contribution in [0, 0.1) is 0 Å². The van der Waals surface area contributed by atoms with Crippen molar-refractivity contribution in [3.05, 3.63) is 124 Å². The van der Waals surface area contributed by atoms with Gasteiger partial charge in [0.15, 0.2) is 0 Å². The Balaban J connectivity index is 1.49. The normalized spacial score (nSPS) is 11.8. The Hall–Kier alpha value is -4.24. The molecule has 0 saturated carbocycles. The first-order valence-corrected chi connectivity index (χ1v) is 14.4. The molecule has 42 heavy (non-hydrogen) atoms. The van der Waals surface area contributed by atoms with Crippen LogP contribution in [0.15, 0.2) is 108 Å². The molecular weight excluding hydrogens is 593 g/mol. The molecule has 10 heteroatoms. The first kappa shape index (κ1) is 30.7. The summed E-state index contributed by atoms with van der Waals surface area (Å²) in [4.78, 5) is 39.9. The van der Waals surface area contributed by atoms with Crippen LogP contribution in [0.25, 0.3) is 6.08 Å². The fraction of sp³-hybridized carbons (Fsp3) is 0.0938. The van der Waals surface area contributed by atoms with Gasteiger partial charge in [-0.2, -0.15) is 0 Å². The van der Waals surface area contributed by atoms with Crippen LogP contribution in [0.5, 0.6) is 5.75 Å². The summed E-state index contributed by atoms with van der Waals surface area (Å²) in [6.07, 6.45) is 1.58. The van der Waals surface area contributed by atoms with Crippen molar-refractivity contribution in [2.45, 2.75) is 17.1 Å². The molecule has 0 aliphatic heterocycles. The number of halogens is 2. The molecule has 3 amide bonds. The molecule has 3 N–H and O–H groups in total. The van der Waals surface area contributed by atoms with Crippen LogP contribution in [0.2, 0.25) is 10.0 Å². The lowest BCUT2D eigenvalue weighted by molar-refractivity contribution is -0.115. The summed E-state index contributed by atoms with van der Waals surface area (Å²) in [5, 5.41) is 8.68. The lowest BCUT2D eigenvalue weighted by Crippen LogP contribution is -2.30. The van der Waals surface area contributed by atoms with Crippen LogP contribution in [0.4, 0.5) is 11.4 Å². The van der Waals surface area contributed by atoms with Crippen molar-refractivity contribution in [2.24, 2.45) is 0 Å². The first-order chi connectivity index (χ1) is 20.2. The van der Waals surface area contributed by atoms with Gasteiger partial charge in [-0.3, -0.25) is 14.4 Å². The molecule has 0 heterocycles. The van der Waals surface area contributed by atoms with E-state index < -0.39 is 17.1 Å². The Morgan fingerprint density at radius 1 is 0.810 bits per heavy atom. The van der Waals surface area contributed by atoms with Gasteiger partial charge in [-0.15, -0.1) is 11.8 Å². The van der Waals surface area contributed by atoms with Crippen LogP contribution >= 0.6 is 35.0 Å². The standard InChI is InChI=1S/C32H27Cl2N3O4S/c1-20(30(38)35-24-14-15-27(33)28(34)19-24)42-26-13-7-11-23(18-26)36-32(40)29(17-21-8-6-12-25(16-21)41-2)37-31(39)22-9-4-3-5-10-22/h3-20H,1-2H3,(H,35,38)(H,36,40)(H,37,39)/b29-17-. The quantitative estimate of drug-likeness (QED) is 0.126. The zero-order valence-corrected chi connectivity index (χ0v) is 25.0. The predicted molar refractivity (Wildman–Crippen MR) is 170 cm³/mol. The van der Waals surface area contributed by atoms with Gasteiger partial charge in [-0.1, -0.05) is 59.6 Å². The average Bonchev–Trinajstić information content (AvgIpc) is 2.99. The molecule has 0 spiro atoms. The largest absolute Gasteiger partial charge is 0.497 e. The minimum absolute atomic E-state index is 0.0459. The van der Waals surface area contributed by atoms with E-state index in [2.05, 4.69) is 16.0 Å². The summed E-state index contributed by atoms with van der Waals surface area (Å²) >= 11 is 13.3. The van der Waals surface area contributed by atoms with Crippen molar-refractivity contribution in [2.75, 3.05) is 17.7 Å². The molecule has 1 atom stereocenters. The van der Waals surface area contributed by atoms with E-state index in [1.165, 1.54) is 11.8 Å². The van der Waals surface area contributed by atoms with E-state index in [1.54, 1.807) is 111 Å². The topological polar surface area (TPSA) is 96.5 Å². The molecule has 7 nitrogen and oxygen atoms in total. The average molecular weight is 621 g/mol. The summed E-state index contributed by atoms with van der Waals surface area (Å²) in [7, 11) is 1.55. The van der Waals surface area contributed by atoms with E-state index in [1.807, 2.05) is 6.07 Å². The number of carbonyl (C=O) groups is 3. The van der Waals surface area contributed by atoms with Gasteiger partial charge in [-0.25, -0.2) is 0 Å². The van der Waals surface area contributed by atoms with E-state index in [0.717, 1.165) is 4.90 Å². The highest BCUT2D eigenvalue weighted by atomic mass is 35.5. The fourth-order valence-electron chi connectivity index (χ4n) is 3.76. The molecule has 4 aromatic rings. The molecular formula is C32H27Cl2N3O4S. The van der Waals surface area contributed by atoms with Crippen LogP contribution in [-0.2, 0) is 9.59 Å². The van der Waals surface area contributed by atoms with Gasteiger partial charge < -0.3 is 20.7 Å². The number of nitrogens with one attached hydrogen (secondary N) is 3. The van der Waals surface area contributed by atoms with E-state index in [4.69, 9.17) is 27.9 Å². The van der Waals surface area contributed by atoms with Crippen LogP contribution in [0.3, 0.4) is 0 Å². The van der Waals surface area contributed by atoms with Gasteiger partial charge in [-0.05, 0) is 79.2 Å². The Kier molecular flexibility index (Phi) is 10.7. The minimum Gasteiger partial charge on any atom is -0.497 e. The number of carbonyl (C=O) groups excluding carboxylic acids is 3. The van der Waals surface area contributed by atoms with E-state index in [9.17, 15) is 14.4 Å². The van der Waals surface area contributed by atoms with Crippen molar-refractivity contribution in [1.29, 1.82) is 0 Å². The van der Waals surface area contributed by atoms with Crippen molar-refractivity contribution >= 4 is 70.1 Å². The lowest BCUT2D eigenvalue weighted by atomic mass is 10.1. The van der Waals surface area contributed by atoms with Crippen LogP contribution < -0.4 is 20.7 Å². The fourth-order valence-corrected chi connectivity index (χ4v) is 4.99. The highest BCUT2D eigenvalue weighted by Gasteiger charge is 2.18.